The van der Waals surface area contributed by atoms with Crippen LogP contribution in [-0.2, 0) is 4.79 Å². The third kappa shape index (κ3) is 3.95. The van der Waals surface area contributed by atoms with Gasteiger partial charge in [0.25, 0.3) is 0 Å². The minimum Gasteiger partial charge on any atom is -0.337 e. The molecule has 2 nitrogen and oxygen atoms in total. The number of likely N-dealkylation sites (tertiary alicyclic amines) is 1. The number of carbonyl (C=O) groups is 1. The van der Waals surface area contributed by atoms with Crippen LogP contribution in [0.3, 0.4) is 0 Å². The second-order valence-electron chi connectivity index (χ2n) is 5.99. The van der Waals surface area contributed by atoms with Crippen LogP contribution in [0, 0.1) is 17.8 Å². The fourth-order valence-electron chi connectivity index (χ4n) is 3.11. The molecule has 0 amide bonds. The van der Waals surface area contributed by atoms with Crippen LogP contribution in [0.1, 0.15) is 38.5 Å². The normalized spacial score (nSPS) is 39.4. The molecular weight excluding hydrogens is 210 g/mol. The molecule has 2 rings (SSSR count). The summed E-state index contributed by atoms with van der Waals surface area (Å²) in [7, 11) is 2.29. The number of hydrogen-bond donors (Lipinski definition) is 1. The van der Waals surface area contributed by atoms with Gasteiger partial charge in [-0.15, -0.1) is 0 Å². The van der Waals surface area contributed by atoms with Gasteiger partial charge in [0.1, 0.15) is 6.29 Å². The van der Waals surface area contributed by atoms with Gasteiger partial charge < -0.3 is 9.69 Å². The molecule has 96 valence electrons. The van der Waals surface area contributed by atoms with Crippen LogP contribution in [0.5, 0.6) is 0 Å². The summed E-state index contributed by atoms with van der Waals surface area (Å²) in [5.74, 6) is 1.92. The molecule has 0 aromatic rings. The second-order valence-corrected chi connectivity index (χ2v) is 5.99. The first kappa shape index (κ1) is 12.8. The standard InChI is InChI=1S/C15H25NO/c1-16-10-8-14(9-11-16)3-2-13-4-6-15(12-17)7-5-13/h2-3,12-15H,4-11H2,1H3/p+1/b3-2+. The summed E-state index contributed by atoms with van der Waals surface area (Å²) in [5.41, 5.74) is 0. The third-order valence-corrected chi connectivity index (χ3v) is 4.55. The molecule has 0 aromatic heterocycles. The summed E-state index contributed by atoms with van der Waals surface area (Å²) in [6.07, 6.45) is 13.4. The van der Waals surface area contributed by atoms with Gasteiger partial charge in [-0.3, -0.25) is 0 Å². The molecule has 0 bridgehead atoms. The van der Waals surface area contributed by atoms with Crippen LogP contribution in [0.2, 0.25) is 0 Å². The average molecular weight is 236 g/mol. The lowest BCUT2D eigenvalue weighted by Crippen LogP contribution is -3.10. The number of rotatable bonds is 3. The van der Waals surface area contributed by atoms with Gasteiger partial charge in [-0.25, -0.2) is 0 Å². The summed E-state index contributed by atoms with van der Waals surface area (Å²) in [6.45, 7) is 2.65. The highest BCUT2D eigenvalue weighted by Gasteiger charge is 2.20. The lowest BCUT2D eigenvalue weighted by atomic mass is 9.82. The minimum absolute atomic E-state index is 0.353. The van der Waals surface area contributed by atoms with Gasteiger partial charge in [0.2, 0.25) is 0 Å². The van der Waals surface area contributed by atoms with Crippen molar-refractivity contribution in [3.05, 3.63) is 12.2 Å². The first-order valence-corrected chi connectivity index (χ1v) is 7.23. The second kappa shape index (κ2) is 6.34. The van der Waals surface area contributed by atoms with Crippen molar-refractivity contribution in [2.24, 2.45) is 17.8 Å². The van der Waals surface area contributed by atoms with Crippen LogP contribution >= 0.6 is 0 Å². The van der Waals surface area contributed by atoms with Crippen molar-refractivity contribution in [2.45, 2.75) is 38.5 Å². The van der Waals surface area contributed by atoms with Crippen LogP contribution in [0.15, 0.2) is 12.2 Å². The maximum Gasteiger partial charge on any atom is 0.123 e. The molecular formula is C15H26NO+. The van der Waals surface area contributed by atoms with Crippen molar-refractivity contribution >= 4 is 6.29 Å². The summed E-state index contributed by atoms with van der Waals surface area (Å²) in [4.78, 5) is 12.4. The Balaban J connectivity index is 1.72. The van der Waals surface area contributed by atoms with Gasteiger partial charge in [0.15, 0.2) is 0 Å². The summed E-state index contributed by atoms with van der Waals surface area (Å²) in [5, 5.41) is 0. The molecule has 1 N–H and O–H groups in total. The zero-order valence-electron chi connectivity index (χ0n) is 11.0. The smallest absolute Gasteiger partial charge is 0.123 e. The minimum atomic E-state index is 0.353. The lowest BCUT2D eigenvalue weighted by molar-refractivity contribution is -0.885. The molecule has 1 aliphatic carbocycles. The van der Waals surface area contributed by atoms with Gasteiger partial charge in [0.05, 0.1) is 20.1 Å². The Kier molecular flexibility index (Phi) is 4.78. The fourth-order valence-corrected chi connectivity index (χ4v) is 3.11. The summed E-state index contributed by atoms with van der Waals surface area (Å²) >= 11 is 0. The highest BCUT2D eigenvalue weighted by Crippen LogP contribution is 2.29. The van der Waals surface area contributed by atoms with Gasteiger partial charge in [-0.05, 0) is 37.5 Å². The molecule has 0 spiro atoms. The fraction of sp³-hybridized carbons (Fsp3) is 0.800. The Morgan fingerprint density at radius 1 is 0.824 bits per heavy atom. The monoisotopic (exact) mass is 236 g/mol. The number of nitrogens with one attached hydrogen (secondary N) is 1. The van der Waals surface area contributed by atoms with Crippen LogP contribution < -0.4 is 4.90 Å². The Morgan fingerprint density at radius 3 is 1.82 bits per heavy atom. The summed E-state index contributed by atoms with van der Waals surface area (Å²) < 4.78 is 0. The van der Waals surface area contributed by atoms with Crippen molar-refractivity contribution < 1.29 is 9.69 Å². The van der Waals surface area contributed by atoms with E-state index in [1.54, 1.807) is 4.90 Å². The number of hydrogen-bond acceptors (Lipinski definition) is 1. The molecule has 1 heterocycles. The number of quaternary nitrogens is 1. The molecule has 0 unspecified atom stereocenters. The third-order valence-electron chi connectivity index (χ3n) is 4.55. The number of allylic oxidation sites excluding steroid dienone is 2. The van der Waals surface area contributed by atoms with E-state index in [2.05, 4.69) is 19.2 Å². The lowest BCUT2D eigenvalue weighted by Gasteiger charge is -2.26. The number of piperidine rings is 1. The van der Waals surface area contributed by atoms with Crippen molar-refractivity contribution in [1.82, 2.24) is 0 Å². The first-order chi connectivity index (χ1) is 8.28. The number of carbonyl (C=O) groups excluding carboxylic acids is 1. The highest BCUT2D eigenvalue weighted by molar-refractivity contribution is 5.53. The van der Waals surface area contributed by atoms with Crippen molar-refractivity contribution in [3.63, 3.8) is 0 Å². The van der Waals surface area contributed by atoms with Crippen LogP contribution in [-0.4, -0.2) is 26.4 Å². The predicted molar refractivity (Wildman–Crippen MR) is 70.0 cm³/mol. The molecule has 2 heteroatoms. The highest BCUT2D eigenvalue weighted by atomic mass is 16.1. The Labute approximate surface area is 105 Å². The van der Waals surface area contributed by atoms with E-state index in [4.69, 9.17) is 0 Å². The Hall–Kier alpha value is -0.630. The van der Waals surface area contributed by atoms with Gasteiger partial charge in [-0.2, -0.15) is 0 Å². The molecule has 0 radical (unpaired) electrons. The molecule has 2 aliphatic rings. The van der Waals surface area contributed by atoms with Crippen molar-refractivity contribution in [2.75, 3.05) is 20.1 Å². The van der Waals surface area contributed by atoms with Crippen LogP contribution in [0.4, 0.5) is 0 Å². The maximum absolute atomic E-state index is 10.7. The van der Waals surface area contributed by atoms with Gasteiger partial charge in [-0.1, -0.05) is 12.2 Å². The van der Waals surface area contributed by atoms with E-state index in [0.29, 0.717) is 5.92 Å². The van der Waals surface area contributed by atoms with E-state index in [1.165, 1.54) is 38.8 Å². The van der Waals surface area contributed by atoms with Crippen molar-refractivity contribution in [1.29, 1.82) is 0 Å². The van der Waals surface area contributed by atoms with E-state index in [9.17, 15) is 4.79 Å². The number of aldehydes is 1. The molecule has 17 heavy (non-hydrogen) atoms. The molecule has 0 aromatic carbocycles. The van der Waals surface area contributed by atoms with Crippen molar-refractivity contribution in [3.8, 4) is 0 Å². The Morgan fingerprint density at radius 2 is 1.29 bits per heavy atom. The zero-order chi connectivity index (χ0) is 12.1. The average Bonchev–Trinajstić information content (AvgIpc) is 2.39. The SMILES string of the molecule is C[NH+]1CCC(/C=C/C2CCC(C=O)CC2)CC1. The quantitative estimate of drug-likeness (QED) is 0.581. The summed E-state index contributed by atoms with van der Waals surface area (Å²) in [6, 6.07) is 0. The Bertz CT molecular complexity index is 258. The van der Waals surface area contributed by atoms with E-state index < -0.39 is 0 Å². The van der Waals surface area contributed by atoms with E-state index in [1.807, 2.05) is 0 Å². The zero-order valence-corrected chi connectivity index (χ0v) is 11.0. The predicted octanol–water partition coefficient (Wildman–Crippen LogP) is 1.47. The van der Waals surface area contributed by atoms with E-state index >= 15 is 0 Å². The maximum atomic E-state index is 10.7. The van der Waals surface area contributed by atoms with E-state index in [-0.39, 0.29) is 0 Å². The van der Waals surface area contributed by atoms with Crippen LogP contribution in [0.25, 0.3) is 0 Å². The molecule has 1 saturated carbocycles. The first-order valence-electron chi connectivity index (χ1n) is 7.23. The van der Waals surface area contributed by atoms with Gasteiger partial charge in [0, 0.05) is 18.8 Å². The molecule has 1 saturated heterocycles. The molecule has 1 aliphatic heterocycles. The largest absolute Gasteiger partial charge is 0.337 e. The molecule has 2 fully saturated rings. The topological polar surface area (TPSA) is 21.5 Å². The van der Waals surface area contributed by atoms with Gasteiger partial charge >= 0.3 is 0 Å². The van der Waals surface area contributed by atoms with E-state index in [0.717, 1.165) is 31.0 Å². The molecule has 0 atom stereocenters.